The molecule has 0 spiro atoms. The van der Waals surface area contributed by atoms with Gasteiger partial charge in [-0.25, -0.2) is 4.98 Å². The van der Waals surface area contributed by atoms with Crippen molar-refractivity contribution in [2.24, 2.45) is 0 Å². The largest absolute Gasteiger partial charge is 0.343 e. The fourth-order valence-corrected chi connectivity index (χ4v) is 2.78. The fourth-order valence-electron chi connectivity index (χ4n) is 2.78. The van der Waals surface area contributed by atoms with Crippen LogP contribution >= 0.6 is 0 Å². The minimum atomic E-state index is -0.178. The lowest BCUT2D eigenvalue weighted by atomic mass is 10.2. The van der Waals surface area contributed by atoms with Crippen LogP contribution in [0.2, 0.25) is 0 Å². The van der Waals surface area contributed by atoms with Gasteiger partial charge in [-0.15, -0.1) is 0 Å². The summed E-state index contributed by atoms with van der Waals surface area (Å²) >= 11 is 0. The van der Waals surface area contributed by atoms with Crippen molar-refractivity contribution in [1.82, 2.24) is 19.9 Å². The van der Waals surface area contributed by atoms with Crippen molar-refractivity contribution in [3.8, 4) is 0 Å². The molecule has 0 bridgehead atoms. The van der Waals surface area contributed by atoms with Crippen LogP contribution in [0.4, 0.5) is 0 Å². The summed E-state index contributed by atoms with van der Waals surface area (Å²) in [4.78, 5) is 21.0. The van der Waals surface area contributed by atoms with Gasteiger partial charge in [0.25, 0.3) is 5.91 Å². The van der Waals surface area contributed by atoms with Crippen LogP contribution in [-0.4, -0.2) is 20.4 Å². The Labute approximate surface area is 141 Å². The first-order valence-corrected chi connectivity index (χ1v) is 8.43. The summed E-state index contributed by atoms with van der Waals surface area (Å²) in [5, 5.41) is 2.92. The summed E-state index contributed by atoms with van der Waals surface area (Å²) in [5.41, 5.74) is 2.51. The van der Waals surface area contributed by atoms with Gasteiger partial charge < -0.3 is 9.88 Å². The van der Waals surface area contributed by atoms with E-state index in [1.807, 2.05) is 24.3 Å². The van der Waals surface area contributed by atoms with Crippen LogP contribution in [0.15, 0.2) is 48.7 Å². The number of imidazole rings is 1. The first kappa shape index (κ1) is 16.2. The molecule has 3 rings (SSSR count). The summed E-state index contributed by atoms with van der Waals surface area (Å²) in [6, 6.07) is 13.4. The Morgan fingerprint density at radius 3 is 2.75 bits per heavy atom. The molecule has 24 heavy (non-hydrogen) atoms. The van der Waals surface area contributed by atoms with Crippen molar-refractivity contribution in [2.45, 2.75) is 39.3 Å². The highest BCUT2D eigenvalue weighted by Gasteiger charge is 2.12. The lowest BCUT2D eigenvalue weighted by Gasteiger charge is -2.10. The van der Waals surface area contributed by atoms with Crippen molar-refractivity contribution < 1.29 is 4.79 Å². The second kappa shape index (κ2) is 7.73. The van der Waals surface area contributed by atoms with Gasteiger partial charge in [0.05, 0.1) is 17.6 Å². The number of hydrogen-bond donors (Lipinski definition) is 1. The third kappa shape index (κ3) is 3.62. The molecule has 2 aromatic heterocycles. The third-order valence-corrected chi connectivity index (χ3v) is 4.02. The molecule has 0 aliphatic heterocycles. The molecule has 0 saturated carbocycles. The SMILES string of the molecule is CCCCCn1c(CNC(=O)c2ccccn2)nc2ccccc21. The van der Waals surface area contributed by atoms with E-state index in [1.54, 1.807) is 18.3 Å². The van der Waals surface area contributed by atoms with E-state index in [1.165, 1.54) is 12.8 Å². The van der Waals surface area contributed by atoms with E-state index in [0.717, 1.165) is 29.8 Å². The number of benzene rings is 1. The number of hydrogen-bond acceptors (Lipinski definition) is 3. The van der Waals surface area contributed by atoms with Crippen LogP contribution in [0.5, 0.6) is 0 Å². The molecule has 5 heteroatoms. The average Bonchev–Trinajstić information content (AvgIpc) is 2.98. The van der Waals surface area contributed by atoms with E-state index in [-0.39, 0.29) is 5.91 Å². The topological polar surface area (TPSA) is 59.8 Å². The van der Waals surface area contributed by atoms with E-state index in [4.69, 9.17) is 0 Å². The maximum absolute atomic E-state index is 12.2. The molecular weight excluding hydrogens is 300 g/mol. The predicted octanol–water partition coefficient (Wildman–Crippen LogP) is 3.55. The molecule has 0 atom stereocenters. The monoisotopic (exact) mass is 322 g/mol. The lowest BCUT2D eigenvalue weighted by molar-refractivity contribution is 0.0944. The van der Waals surface area contributed by atoms with Crippen molar-refractivity contribution in [2.75, 3.05) is 0 Å². The van der Waals surface area contributed by atoms with E-state index in [9.17, 15) is 4.79 Å². The molecular formula is C19H22N4O. The van der Waals surface area contributed by atoms with Gasteiger partial charge in [0.1, 0.15) is 11.5 Å². The molecule has 3 aromatic rings. The van der Waals surface area contributed by atoms with Gasteiger partial charge in [-0.3, -0.25) is 9.78 Å². The highest BCUT2D eigenvalue weighted by Crippen LogP contribution is 2.17. The molecule has 2 heterocycles. The zero-order valence-electron chi connectivity index (χ0n) is 13.9. The smallest absolute Gasteiger partial charge is 0.270 e. The summed E-state index contributed by atoms with van der Waals surface area (Å²) in [6.45, 7) is 3.51. The number of aryl methyl sites for hydroxylation is 1. The third-order valence-electron chi connectivity index (χ3n) is 4.02. The van der Waals surface area contributed by atoms with Gasteiger partial charge in [-0.1, -0.05) is 38.0 Å². The Morgan fingerprint density at radius 2 is 1.96 bits per heavy atom. The number of nitrogens with zero attached hydrogens (tertiary/aromatic N) is 3. The summed E-state index contributed by atoms with van der Waals surface area (Å²) in [5.74, 6) is 0.708. The Morgan fingerprint density at radius 1 is 1.12 bits per heavy atom. The number of unbranched alkanes of at least 4 members (excludes halogenated alkanes) is 2. The van der Waals surface area contributed by atoms with Gasteiger partial charge in [0, 0.05) is 12.7 Å². The molecule has 0 radical (unpaired) electrons. The quantitative estimate of drug-likeness (QED) is 0.677. The predicted molar refractivity (Wildman–Crippen MR) is 94.7 cm³/mol. The first-order valence-electron chi connectivity index (χ1n) is 8.43. The van der Waals surface area contributed by atoms with Crippen molar-refractivity contribution in [3.05, 3.63) is 60.2 Å². The lowest BCUT2D eigenvalue weighted by Crippen LogP contribution is -2.25. The molecule has 5 nitrogen and oxygen atoms in total. The number of pyridine rings is 1. The van der Waals surface area contributed by atoms with Gasteiger partial charge in [0.2, 0.25) is 0 Å². The second-order valence-corrected chi connectivity index (χ2v) is 5.77. The first-order chi connectivity index (χ1) is 11.8. The Bertz CT molecular complexity index is 811. The van der Waals surface area contributed by atoms with Crippen LogP contribution < -0.4 is 5.32 Å². The number of rotatable bonds is 7. The van der Waals surface area contributed by atoms with E-state index in [0.29, 0.717) is 12.2 Å². The molecule has 0 fully saturated rings. The van der Waals surface area contributed by atoms with Crippen LogP contribution in [0.1, 0.15) is 42.5 Å². The zero-order chi connectivity index (χ0) is 16.8. The highest BCUT2D eigenvalue weighted by atomic mass is 16.1. The number of amides is 1. The van der Waals surface area contributed by atoms with Crippen molar-refractivity contribution >= 4 is 16.9 Å². The van der Waals surface area contributed by atoms with Gasteiger partial charge in [-0.05, 0) is 30.7 Å². The maximum Gasteiger partial charge on any atom is 0.270 e. The zero-order valence-corrected chi connectivity index (χ0v) is 13.9. The van der Waals surface area contributed by atoms with Crippen LogP contribution in [0.25, 0.3) is 11.0 Å². The highest BCUT2D eigenvalue weighted by molar-refractivity contribution is 5.92. The number of carbonyl (C=O) groups is 1. The Hall–Kier alpha value is -2.69. The average molecular weight is 322 g/mol. The van der Waals surface area contributed by atoms with Crippen LogP contribution in [0.3, 0.4) is 0 Å². The molecule has 0 aliphatic rings. The van der Waals surface area contributed by atoms with Gasteiger partial charge in [-0.2, -0.15) is 0 Å². The van der Waals surface area contributed by atoms with Crippen LogP contribution in [-0.2, 0) is 13.1 Å². The molecule has 0 aliphatic carbocycles. The number of fused-ring (bicyclic) bond motifs is 1. The summed E-state index contributed by atoms with van der Waals surface area (Å²) in [7, 11) is 0. The number of nitrogens with one attached hydrogen (secondary N) is 1. The molecule has 0 unspecified atom stereocenters. The van der Waals surface area contributed by atoms with Crippen LogP contribution in [0, 0.1) is 0 Å². The number of aromatic nitrogens is 3. The Balaban J connectivity index is 1.77. The normalized spacial score (nSPS) is 10.9. The summed E-state index contributed by atoms with van der Waals surface area (Å²) < 4.78 is 2.21. The number of para-hydroxylation sites is 2. The minimum absolute atomic E-state index is 0.178. The molecule has 0 saturated heterocycles. The van der Waals surface area contributed by atoms with E-state index >= 15 is 0 Å². The maximum atomic E-state index is 12.2. The van der Waals surface area contributed by atoms with E-state index < -0.39 is 0 Å². The van der Waals surface area contributed by atoms with Crippen molar-refractivity contribution in [3.63, 3.8) is 0 Å². The molecule has 124 valence electrons. The Kier molecular flexibility index (Phi) is 5.21. The standard InChI is InChI=1S/C19H22N4O/c1-2-3-8-13-23-17-11-5-4-9-15(17)22-18(23)14-21-19(24)16-10-6-7-12-20-16/h4-7,9-12H,2-3,8,13-14H2,1H3,(H,21,24). The second-order valence-electron chi connectivity index (χ2n) is 5.77. The minimum Gasteiger partial charge on any atom is -0.343 e. The molecule has 1 N–H and O–H groups in total. The number of carbonyl (C=O) groups excluding carboxylic acids is 1. The van der Waals surface area contributed by atoms with Gasteiger partial charge >= 0.3 is 0 Å². The molecule has 1 amide bonds. The van der Waals surface area contributed by atoms with Crippen molar-refractivity contribution in [1.29, 1.82) is 0 Å². The van der Waals surface area contributed by atoms with E-state index in [2.05, 4.69) is 32.8 Å². The molecule has 1 aromatic carbocycles. The summed E-state index contributed by atoms with van der Waals surface area (Å²) in [6.07, 6.45) is 5.09. The fraction of sp³-hybridized carbons (Fsp3) is 0.316. The van der Waals surface area contributed by atoms with Gasteiger partial charge in [0.15, 0.2) is 0 Å².